The molecule has 0 radical (unpaired) electrons. The van der Waals surface area contributed by atoms with Gasteiger partial charge in [0.25, 0.3) is 0 Å². The molecule has 0 unspecified atom stereocenters. The van der Waals surface area contributed by atoms with Crippen molar-refractivity contribution in [3.63, 3.8) is 0 Å². The van der Waals surface area contributed by atoms with Crippen LogP contribution >= 0.6 is 0 Å². The number of benzene rings is 1. The van der Waals surface area contributed by atoms with Crippen LogP contribution in [0.2, 0.25) is 0 Å². The molecule has 0 aliphatic carbocycles. The smallest absolute Gasteiger partial charge is 0.417 e. The molecule has 0 fully saturated rings. The minimum atomic E-state index is -4.67. The number of nitrogens with zero attached hydrogens (tertiary/aromatic N) is 4. The average molecular weight is 501 g/mol. The average Bonchev–Trinajstić information content (AvgIpc) is 2.84. The maximum absolute atomic E-state index is 13.5. The first-order chi connectivity index (χ1) is 16.9. The summed E-state index contributed by atoms with van der Waals surface area (Å²) in [5.41, 5.74) is -1.54. The van der Waals surface area contributed by atoms with E-state index < -0.39 is 22.9 Å². The number of pyridine rings is 1. The normalized spacial score (nSPS) is 12.7. The van der Waals surface area contributed by atoms with Crippen LogP contribution in [-0.2, 0) is 4.79 Å². The van der Waals surface area contributed by atoms with Crippen molar-refractivity contribution in [3.05, 3.63) is 72.2 Å². The fourth-order valence-corrected chi connectivity index (χ4v) is 3.57. The Morgan fingerprint density at radius 2 is 2.00 bits per heavy atom. The summed E-state index contributed by atoms with van der Waals surface area (Å²) in [5, 5.41) is 10.0. The van der Waals surface area contributed by atoms with Gasteiger partial charge in [0.05, 0.1) is 40.7 Å². The summed E-state index contributed by atoms with van der Waals surface area (Å²) >= 11 is 0. The third-order valence-corrected chi connectivity index (χ3v) is 5.68. The van der Waals surface area contributed by atoms with E-state index in [1.165, 1.54) is 11.8 Å². The van der Waals surface area contributed by atoms with Crippen LogP contribution in [0.25, 0.3) is 10.9 Å². The highest BCUT2D eigenvalue weighted by molar-refractivity contribution is 5.79. The zero-order valence-corrected chi connectivity index (χ0v) is 21.0. The largest absolute Gasteiger partial charge is 0.494 e. The molecule has 2 rings (SSSR count). The van der Waals surface area contributed by atoms with E-state index in [0.29, 0.717) is 31.1 Å². The summed E-state index contributed by atoms with van der Waals surface area (Å²) in [6.07, 6.45) is 0.440. The second-order valence-corrected chi connectivity index (χ2v) is 8.71. The van der Waals surface area contributed by atoms with Gasteiger partial charge in [-0.2, -0.15) is 18.4 Å². The van der Waals surface area contributed by atoms with E-state index >= 15 is 0 Å². The third kappa shape index (κ3) is 7.35. The highest BCUT2D eigenvalue weighted by atomic mass is 19.4. The molecule has 2 aromatic rings. The van der Waals surface area contributed by atoms with E-state index in [0.717, 1.165) is 29.3 Å². The number of nitriles is 1. The second-order valence-electron chi connectivity index (χ2n) is 8.71. The molecule has 1 aromatic carbocycles. The number of fused-ring (bicyclic) bond motifs is 1. The Bertz CT molecular complexity index is 1180. The van der Waals surface area contributed by atoms with Crippen LogP contribution in [0.4, 0.5) is 13.2 Å². The van der Waals surface area contributed by atoms with E-state index in [1.807, 2.05) is 30.3 Å². The van der Waals surface area contributed by atoms with Crippen molar-refractivity contribution < 1.29 is 22.7 Å². The topological polar surface area (TPSA) is 69.5 Å². The number of ether oxygens (including phenoxy) is 1. The van der Waals surface area contributed by atoms with Crippen LogP contribution in [-0.4, -0.2) is 59.5 Å². The third-order valence-electron chi connectivity index (χ3n) is 5.68. The van der Waals surface area contributed by atoms with Gasteiger partial charge in [-0.05, 0) is 51.5 Å². The number of alkyl halides is 3. The number of aromatic nitrogens is 1. The number of carbonyl (C=O) groups excluding carboxylic acids is 1. The number of hydrogen-bond donors (Lipinski definition) is 0. The molecule has 0 saturated heterocycles. The van der Waals surface area contributed by atoms with Gasteiger partial charge in [-0.25, -0.2) is 0 Å². The lowest BCUT2D eigenvalue weighted by Crippen LogP contribution is -2.48. The first-order valence-corrected chi connectivity index (χ1v) is 11.4. The van der Waals surface area contributed by atoms with Crippen LogP contribution in [0, 0.1) is 11.3 Å². The van der Waals surface area contributed by atoms with Crippen molar-refractivity contribution in [2.45, 2.75) is 38.9 Å². The standard InChI is InChI=1S/C27H31F3N4O2/c1-6-21(18-31)24(27(28,29)30)12-15-33(5)20(2)34(26(3,4)19-35)14-8-16-36-23-10-11-25-22(17-23)9-7-13-32-25/h6-7,9-13,17,19H,2,8,14-16H2,1,3-5H3/b21-6-,24-12+. The maximum atomic E-state index is 13.5. The van der Waals surface area contributed by atoms with Gasteiger partial charge in [0.15, 0.2) is 0 Å². The molecule has 0 N–H and O–H groups in total. The number of halogens is 3. The van der Waals surface area contributed by atoms with Crippen molar-refractivity contribution >= 4 is 17.2 Å². The molecule has 0 aliphatic heterocycles. The van der Waals surface area contributed by atoms with Crippen LogP contribution < -0.4 is 4.74 Å². The summed E-state index contributed by atoms with van der Waals surface area (Å²) in [7, 11) is 1.59. The lowest BCUT2D eigenvalue weighted by molar-refractivity contribution is -0.116. The highest BCUT2D eigenvalue weighted by Crippen LogP contribution is 2.31. The van der Waals surface area contributed by atoms with Crippen LogP contribution in [0.3, 0.4) is 0 Å². The molecule has 0 bridgehead atoms. The molecule has 192 valence electrons. The lowest BCUT2D eigenvalue weighted by atomic mass is 10.0. The molecule has 0 amide bonds. The first-order valence-electron chi connectivity index (χ1n) is 11.4. The summed E-state index contributed by atoms with van der Waals surface area (Å²) in [6, 6.07) is 11.0. The lowest BCUT2D eigenvalue weighted by Gasteiger charge is -2.41. The Morgan fingerprint density at radius 3 is 2.61 bits per heavy atom. The molecule has 1 aromatic heterocycles. The minimum Gasteiger partial charge on any atom is -0.494 e. The summed E-state index contributed by atoms with van der Waals surface area (Å²) in [5.74, 6) is 1.07. The Labute approximate surface area is 210 Å². The molecule has 0 atom stereocenters. The zero-order valence-electron chi connectivity index (χ0n) is 21.0. The van der Waals surface area contributed by atoms with E-state index in [9.17, 15) is 18.0 Å². The van der Waals surface area contributed by atoms with Crippen molar-refractivity contribution in [3.8, 4) is 11.8 Å². The maximum Gasteiger partial charge on any atom is 0.417 e. The summed E-state index contributed by atoms with van der Waals surface area (Å²) in [6.45, 7) is 9.41. The van der Waals surface area contributed by atoms with E-state index in [4.69, 9.17) is 10.00 Å². The first kappa shape index (κ1) is 28.4. The Kier molecular flexibility index (Phi) is 9.68. The molecule has 36 heavy (non-hydrogen) atoms. The molecule has 0 saturated carbocycles. The zero-order chi connectivity index (χ0) is 26.9. The van der Waals surface area contributed by atoms with Crippen molar-refractivity contribution in [2.24, 2.45) is 0 Å². The van der Waals surface area contributed by atoms with Crippen LogP contribution in [0.15, 0.2) is 72.2 Å². The number of hydrogen-bond acceptors (Lipinski definition) is 6. The van der Waals surface area contributed by atoms with Gasteiger partial charge in [-0.1, -0.05) is 24.8 Å². The Morgan fingerprint density at radius 1 is 1.28 bits per heavy atom. The van der Waals surface area contributed by atoms with Gasteiger partial charge in [-0.3, -0.25) is 4.98 Å². The molecule has 9 heteroatoms. The van der Waals surface area contributed by atoms with Gasteiger partial charge in [0, 0.05) is 31.7 Å². The van der Waals surface area contributed by atoms with Crippen molar-refractivity contribution in [2.75, 3.05) is 26.7 Å². The highest BCUT2D eigenvalue weighted by Gasteiger charge is 2.36. The molecule has 6 nitrogen and oxygen atoms in total. The number of rotatable bonds is 12. The fraction of sp³-hybridized carbons (Fsp3) is 0.370. The van der Waals surface area contributed by atoms with Crippen molar-refractivity contribution in [1.82, 2.24) is 14.8 Å². The Balaban J connectivity index is 2.08. The van der Waals surface area contributed by atoms with Gasteiger partial charge in [-0.15, -0.1) is 0 Å². The summed E-state index contributed by atoms with van der Waals surface area (Å²) in [4.78, 5) is 19.3. The predicted molar refractivity (Wildman–Crippen MR) is 134 cm³/mol. The molecule has 0 aliphatic rings. The van der Waals surface area contributed by atoms with Gasteiger partial charge < -0.3 is 19.3 Å². The number of carbonyl (C=O) groups is 1. The summed E-state index contributed by atoms with van der Waals surface area (Å²) < 4.78 is 46.2. The molecular formula is C27H31F3N4O2. The second kappa shape index (κ2) is 12.2. The number of allylic oxidation sites excluding steroid dienone is 3. The monoisotopic (exact) mass is 500 g/mol. The number of likely N-dealkylation sites (N-methyl/N-ethyl adjacent to an activating group) is 1. The fourth-order valence-electron chi connectivity index (χ4n) is 3.57. The molecular weight excluding hydrogens is 469 g/mol. The SMILES string of the molecule is C=C(N(C)C/C=C(\C(C#N)=C/C)C(F)(F)F)N(CCCOc1ccc2ncccc2c1)C(C)(C)C=O. The number of aldehydes is 1. The van der Waals surface area contributed by atoms with Gasteiger partial charge >= 0.3 is 6.18 Å². The minimum absolute atomic E-state index is 0.153. The molecule has 0 spiro atoms. The molecule has 1 heterocycles. The van der Waals surface area contributed by atoms with E-state index in [1.54, 1.807) is 38.1 Å². The van der Waals surface area contributed by atoms with E-state index in [-0.39, 0.29) is 6.54 Å². The van der Waals surface area contributed by atoms with Crippen LogP contribution in [0.1, 0.15) is 27.2 Å². The van der Waals surface area contributed by atoms with Gasteiger partial charge in [0.1, 0.15) is 12.0 Å². The predicted octanol–water partition coefficient (Wildman–Crippen LogP) is 5.64. The Hall–Kier alpha value is -3.80. The quantitative estimate of drug-likeness (QED) is 0.163. The van der Waals surface area contributed by atoms with Gasteiger partial charge in [0.2, 0.25) is 0 Å². The van der Waals surface area contributed by atoms with Crippen LogP contribution in [0.5, 0.6) is 5.75 Å². The van der Waals surface area contributed by atoms with E-state index in [2.05, 4.69) is 11.6 Å². The van der Waals surface area contributed by atoms with Crippen molar-refractivity contribution in [1.29, 1.82) is 5.26 Å².